The Bertz CT molecular complexity index is 659. The van der Waals surface area contributed by atoms with E-state index in [-0.39, 0.29) is 17.7 Å². The maximum Gasteiger partial charge on any atom is 0.275 e. The minimum Gasteiger partial charge on any atom is -0.489 e. The van der Waals surface area contributed by atoms with Gasteiger partial charge in [0.1, 0.15) is 17.3 Å². The van der Waals surface area contributed by atoms with Crippen LogP contribution in [-0.2, 0) is 4.74 Å². The number of benzene rings is 1. The molecule has 0 saturated carbocycles. The number of amides is 1. The molecule has 2 aromatic rings. The van der Waals surface area contributed by atoms with Crippen LogP contribution in [0.5, 0.6) is 5.75 Å². The monoisotopic (exact) mass is 330 g/mol. The molecule has 1 aromatic heterocycles. The van der Waals surface area contributed by atoms with Crippen molar-refractivity contribution < 1.29 is 14.3 Å². The first-order valence-electron chi connectivity index (χ1n) is 7.72. The summed E-state index contributed by atoms with van der Waals surface area (Å²) >= 11 is 0. The molecule has 1 heterocycles. The van der Waals surface area contributed by atoms with Crippen LogP contribution in [0, 0.1) is 0 Å². The van der Waals surface area contributed by atoms with Crippen LogP contribution in [-0.4, -0.2) is 42.2 Å². The van der Waals surface area contributed by atoms with Gasteiger partial charge in [-0.3, -0.25) is 4.79 Å². The van der Waals surface area contributed by atoms with Crippen LogP contribution in [0.25, 0.3) is 0 Å². The number of nitrogens with zero attached hydrogens (tertiary/aromatic N) is 2. The third-order valence-corrected chi connectivity index (χ3v) is 2.99. The van der Waals surface area contributed by atoms with E-state index in [2.05, 4.69) is 20.6 Å². The summed E-state index contributed by atoms with van der Waals surface area (Å²) in [6, 6.07) is 7.28. The van der Waals surface area contributed by atoms with Crippen molar-refractivity contribution in [1.82, 2.24) is 9.97 Å². The molecule has 0 spiro atoms. The van der Waals surface area contributed by atoms with Gasteiger partial charge in [-0.15, -0.1) is 0 Å². The summed E-state index contributed by atoms with van der Waals surface area (Å²) in [6.07, 6.45) is 2.96. The summed E-state index contributed by atoms with van der Waals surface area (Å²) in [4.78, 5) is 20.6. The van der Waals surface area contributed by atoms with E-state index < -0.39 is 0 Å². The minimum absolute atomic E-state index is 0.0142. The Morgan fingerprint density at radius 2 is 2.00 bits per heavy atom. The Hall–Kier alpha value is -2.67. The molecular weight excluding hydrogens is 308 g/mol. The smallest absolute Gasteiger partial charge is 0.275 e. The molecule has 0 unspecified atom stereocenters. The normalized spacial score (nSPS) is 10.5. The van der Waals surface area contributed by atoms with Crippen LogP contribution < -0.4 is 15.4 Å². The highest BCUT2D eigenvalue weighted by Gasteiger charge is 2.12. The zero-order chi connectivity index (χ0) is 17.4. The number of ether oxygens (including phenoxy) is 2. The fourth-order valence-electron chi connectivity index (χ4n) is 1.93. The molecule has 24 heavy (non-hydrogen) atoms. The van der Waals surface area contributed by atoms with Gasteiger partial charge in [-0.2, -0.15) is 0 Å². The van der Waals surface area contributed by atoms with Gasteiger partial charge in [0.05, 0.1) is 30.8 Å². The van der Waals surface area contributed by atoms with E-state index in [0.717, 1.165) is 0 Å². The van der Waals surface area contributed by atoms with Crippen molar-refractivity contribution in [3.63, 3.8) is 0 Å². The van der Waals surface area contributed by atoms with E-state index in [4.69, 9.17) is 9.47 Å². The number of carbonyl (C=O) groups is 1. The van der Waals surface area contributed by atoms with Gasteiger partial charge in [0, 0.05) is 13.7 Å². The number of rotatable bonds is 8. The number of para-hydroxylation sites is 2. The molecule has 0 aliphatic rings. The molecule has 2 N–H and O–H groups in total. The standard InChI is InChI=1S/C17H22N4O3/c1-12(2)24-15-7-5-4-6-13(15)21-17(22)14-10-20-16(11-19-14)18-8-9-23-3/h4-7,10-12H,8-9H2,1-3H3,(H,18,20)(H,21,22). The summed E-state index contributed by atoms with van der Waals surface area (Å²) in [6.45, 7) is 5.05. The van der Waals surface area contributed by atoms with E-state index in [9.17, 15) is 4.79 Å². The molecule has 1 aromatic carbocycles. The lowest BCUT2D eigenvalue weighted by molar-refractivity contribution is 0.102. The molecule has 0 aliphatic heterocycles. The second kappa shape index (κ2) is 8.83. The Morgan fingerprint density at radius 3 is 2.67 bits per heavy atom. The zero-order valence-electron chi connectivity index (χ0n) is 14.1. The lowest BCUT2D eigenvalue weighted by atomic mass is 10.2. The number of aromatic nitrogens is 2. The fourth-order valence-corrected chi connectivity index (χ4v) is 1.93. The van der Waals surface area contributed by atoms with Crippen LogP contribution in [0.3, 0.4) is 0 Å². The lowest BCUT2D eigenvalue weighted by Crippen LogP contribution is -2.16. The molecule has 2 rings (SSSR count). The largest absolute Gasteiger partial charge is 0.489 e. The Kier molecular flexibility index (Phi) is 6.51. The van der Waals surface area contributed by atoms with Crippen molar-refractivity contribution in [1.29, 1.82) is 0 Å². The number of carbonyl (C=O) groups excluding carboxylic acids is 1. The van der Waals surface area contributed by atoms with Gasteiger partial charge in [-0.25, -0.2) is 9.97 Å². The van der Waals surface area contributed by atoms with Gasteiger partial charge < -0.3 is 20.1 Å². The molecule has 0 saturated heterocycles. The average Bonchev–Trinajstić information content (AvgIpc) is 2.57. The second-order valence-electron chi connectivity index (χ2n) is 5.32. The molecule has 0 aliphatic carbocycles. The molecular formula is C17H22N4O3. The summed E-state index contributed by atoms with van der Waals surface area (Å²) in [5.74, 6) is 0.865. The third kappa shape index (κ3) is 5.20. The third-order valence-electron chi connectivity index (χ3n) is 2.99. The highest BCUT2D eigenvalue weighted by molar-refractivity contribution is 6.03. The highest BCUT2D eigenvalue weighted by Crippen LogP contribution is 2.25. The van der Waals surface area contributed by atoms with Gasteiger partial charge in [0.25, 0.3) is 5.91 Å². The van der Waals surface area contributed by atoms with Crippen molar-refractivity contribution in [2.24, 2.45) is 0 Å². The van der Waals surface area contributed by atoms with E-state index in [0.29, 0.717) is 30.4 Å². The minimum atomic E-state index is -0.342. The van der Waals surface area contributed by atoms with Gasteiger partial charge in [-0.05, 0) is 26.0 Å². The van der Waals surface area contributed by atoms with E-state index in [1.807, 2.05) is 32.0 Å². The van der Waals surface area contributed by atoms with Crippen LogP contribution >= 0.6 is 0 Å². The lowest BCUT2D eigenvalue weighted by Gasteiger charge is -2.14. The number of hydrogen-bond donors (Lipinski definition) is 2. The maximum absolute atomic E-state index is 12.3. The van der Waals surface area contributed by atoms with Crippen molar-refractivity contribution in [2.75, 3.05) is 30.9 Å². The van der Waals surface area contributed by atoms with Crippen molar-refractivity contribution >= 4 is 17.4 Å². The van der Waals surface area contributed by atoms with Crippen molar-refractivity contribution in [3.8, 4) is 5.75 Å². The van der Waals surface area contributed by atoms with Crippen LogP contribution in [0.2, 0.25) is 0 Å². The molecule has 128 valence electrons. The maximum atomic E-state index is 12.3. The first-order chi connectivity index (χ1) is 11.6. The Balaban J connectivity index is 2.02. The van der Waals surface area contributed by atoms with Crippen LogP contribution in [0.4, 0.5) is 11.5 Å². The first-order valence-corrected chi connectivity index (χ1v) is 7.72. The predicted molar refractivity (Wildman–Crippen MR) is 92.6 cm³/mol. The number of hydrogen-bond acceptors (Lipinski definition) is 6. The number of anilines is 2. The zero-order valence-corrected chi connectivity index (χ0v) is 14.1. The summed E-state index contributed by atoms with van der Waals surface area (Å²) < 4.78 is 10.6. The SMILES string of the molecule is COCCNc1cnc(C(=O)Nc2ccccc2OC(C)C)cn1. The van der Waals surface area contributed by atoms with Gasteiger partial charge in [0.2, 0.25) is 0 Å². The Morgan fingerprint density at radius 1 is 1.21 bits per heavy atom. The van der Waals surface area contributed by atoms with E-state index >= 15 is 0 Å². The summed E-state index contributed by atoms with van der Waals surface area (Å²) in [5.41, 5.74) is 0.826. The van der Waals surface area contributed by atoms with Crippen LogP contribution in [0.1, 0.15) is 24.3 Å². The predicted octanol–water partition coefficient (Wildman–Crippen LogP) is 2.57. The molecule has 7 nitrogen and oxygen atoms in total. The van der Waals surface area contributed by atoms with Crippen molar-refractivity contribution in [2.45, 2.75) is 20.0 Å². The average molecular weight is 330 g/mol. The molecule has 0 fully saturated rings. The topological polar surface area (TPSA) is 85.4 Å². The quantitative estimate of drug-likeness (QED) is 0.724. The first kappa shape index (κ1) is 17.7. The number of methoxy groups -OCH3 is 1. The summed E-state index contributed by atoms with van der Waals surface area (Å²) in [5, 5.41) is 5.84. The molecule has 7 heteroatoms. The second-order valence-corrected chi connectivity index (χ2v) is 5.32. The molecule has 0 atom stereocenters. The van der Waals surface area contributed by atoms with Gasteiger partial charge in [0.15, 0.2) is 0 Å². The van der Waals surface area contributed by atoms with Crippen LogP contribution in [0.15, 0.2) is 36.7 Å². The molecule has 0 radical (unpaired) electrons. The Labute approximate surface area is 141 Å². The molecule has 1 amide bonds. The fraction of sp³-hybridized carbons (Fsp3) is 0.353. The van der Waals surface area contributed by atoms with E-state index in [1.54, 1.807) is 13.2 Å². The number of nitrogens with one attached hydrogen (secondary N) is 2. The summed E-state index contributed by atoms with van der Waals surface area (Å²) in [7, 11) is 1.63. The van der Waals surface area contributed by atoms with Crippen molar-refractivity contribution in [3.05, 3.63) is 42.4 Å². The van der Waals surface area contributed by atoms with Gasteiger partial charge >= 0.3 is 0 Å². The molecule has 0 bridgehead atoms. The van der Waals surface area contributed by atoms with E-state index in [1.165, 1.54) is 12.4 Å². The highest BCUT2D eigenvalue weighted by atomic mass is 16.5. The van der Waals surface area contributed by atoms with Gasteiger partial charge in [-0.1, -0.05) is 12.1 Å².